The number of halogens is 1. The van der Waals surface area contributed by atoms with Crippen molar-refractivity contribution in [1.29, 1.82) is 0 Å². The number of imidazole rings is 1. The van der Waals surface area contributed by atoms with Crippen LogP contribution in [0, 0.1) is 13.8 Å². The molecule has 1 aromatic carbocycles. The van der Waals surface area contributed by atoms with E-state index in [-0.39, 0.29) is 5.91 Å². The molecule has 0 unspecified atom stereocenters. The summed E-state index contributed by atoms with van der Waals surface area (Å²) in [7, 11) is 0. The fourth-order valence-electron chi connectivity index (χ4n) is 2.36. The lowest BCUT2D eigenvalue weighted by Gasteiger charge is -2.08. The minimum absolute atomic E-state index is 0.184. The van der Waals surface area contributed by atoms with Gasteiger partial charge in [0.05, 0.1) is 5.69 Å². The van der Waals surface area contributed by atoms with E-state index in [0.717, 1.165) is 11.3 Å². The predicted molar refractivity (Wildman–Crippen MR) is 84.1 cm³/mol. The fraction of sp³-hybridized carbons (Fsp3) is 0.125. The van der Waals surface area contributed by atoms with Crippen molar-refractivity contribution in [3.8, 4) is 0 Å². The first-order chi connectivity index (χ1) is 10.1. The minimum Gasteiger partial charge on any atom is -0.321 e. The van der Waals surface area contributed by atoms with E-state index in [1.807, 2.05) is 36.4 Å². The summed E-state index contributed by atoms with van der Waals surface area (Å²) in [5.41, 5.74) is 3.70. The van der Waals surface area contributed by atoms with Gasteiger partial charge in [-0.05, 0) is 50.2 Å². The van der Waals surface area contributed by atoms with Crippen LogP contribution in [0.4, 0.5) is 5.69 Å². The number of rotatable bonds is 2. The van der Waals surface area contributed by atoms with Crippen LogP contribution in [0.15, 0.2) is 42.5 Å². The normalized spacial score (nSPS) is 10.8. The number of hydrogen-bond donors (Lipinski definition) is 1. The van der Waals surface area contributed by atoms with Crippen LogP contribution in [-0.4, -0.2) is 15.3 Å². The van der Waals surface area contributed by atoms with Crippen LogP contribution < -0.4 is 5.32 Å². The highest BCUT2D eigenvalue weighted by Gasteiger charge is 2.17. The van der Waals surface area contributed by atoms with Gasteiger partial charge in [-0.3, -0.25) is 9.20 Å². The minimum atomic E-state index is -0.184. The van der Waals surface area contributed by atoms with Gasteiger partial charge >= 0.3 is 0 Å². The summed E-state index contributed by atoms with van der Waals surface area (Å²) in [4.78, 5) is 17.0. The number of benzene rings is 1. The molecule has 0 bridgehead atoms. The van der Waals surface area contributed by atoms with Crippen LogP contribution >= 0.6 is 11.6 Å². The number of nitrogens with zero attached hydrogens (tertiary/aromatic N) is 2. The predicted octanol–water partition coefficient (Wildman–Crippen LogP) is 3.86. The monoisotopic (exact) mass is 299 g/mol. The Hall–Kier alpha value is -2.33. The quantitative estimate of drug-likeness (QED) is 0.781. The van der Waals surface area contributed by atoms with Gasteiger partial charge in [-0.25, -0.2) is 4.98 Å². The highest BCUT2D eigenvalue weighted by molar-refractivity contribution is 6.30. The molecule has 3 aromatic rings. The van der Waals surface area contributed by atoms with E-state index in [1.165, 1.54) is 0 Å². The largest absolute Gasteiger partial charge is 0.321 e. The zero-order valence-corrected chi connectivity index (χ0v) is 12.5. The number of aromatic nitrogens is 2. The van der Waals surface area contributed by atoms with Crippen molar-refractivity contribution in [1.82, 2.24) is 9.38 Å². The topological polar surface area (TPSA) is 46.4 Å². The molecule has 1 amide bonds. The molecule has 0 aliphatic rings. The number of amides is 1. The van der Waals surface area contributed by atoms with E-state index in [1.54, 1.807) is 24.3 Å². The second-order valence-electron chi connectivity index (χ2n) is 4.87. The van der Waals surface area contributed by atoms with E-state index < -0.39 is 0 Å². The van der Waals surface area contributed by atoms with Gasteiger partial charge in [0, 0.05) is 16.4 Å². The van der Waals surface area contributed by atoms with Crippen molar-refractivity contribution in [2.24, 2.45) is 0 Å². The number of nitrogens with one attached hydrogen (secondary N) is 1. The summed E-state index contributed by atoms with van der Waals surface area (Å²) >= 11 is 5.85. The number of hydrogen-bond acceptors (Lipinski definition) is 2. The zero-order chi connectivity index (χ0) is 15.0. The van der Waals surface area contributed by atoms with E-state index >= 15 is 0 Å². The number of pyridine rings is 1. The maximum Gasteiger partial charge on any atom is 0.274 e. The van der Waals surface area contributed by atoms with Crippen LogP contribution in [0.3, 0.4) is 0 Å². The van der Waals surface area contributed by atoms with E-state index in [4.69, 9.17) is 11.6 Å². The first-order valence-electron chi connectivity index (χ1n) is 6.58. The molecular formula is C16H14ClN3O. The Morgan fingerprint density at radius 2 is 1.86 bits per heavy atom. The Kier molecular flexibility index (Phi) is 3.39. The maximum atomic E-state index is 12.5. The molecule has 0 radical (unpaired) electrons. The van der Waals surface area contributed by atoms with Crippen molar-refractivity contribution in [2.75, 3.05) is 5.32 Å². The number of anilines is 1. The van der Waals surface area contributed by atoms with Gasteiger partial charge in [0.15, 0.2) is 0 Å². The van der Waals surface area contributed by atoms with Gasteiger partial charge in [0.2, 0.25) is 0 Å². The summed E-state index contributed by atoms with van der Waals surface area (Å²) < 4.78 is 1.86. The Bertz CT molecular complexity index is 821. The molecule has 5 heteroatoms. The molecule has 0 spiro atoms. The fourth-order valence-corrected chi connectivity index (χ4v) is 2.48. The van der Waals surface area contributed by atoms with Gasteiger partial charge < -0.3 is 5.32 Å². The summed E-state index contributed by atoms with van der Waals surface area (Å²) in [5, 5.41) is 3.51. The summed E-state index contributed by atoms with van der Waals surface area (Å²) in [6.45, 7) is 3.79. The summed E-state index contributed by atoms with van der Waals surface area (Å²) in [6, 6.07) is 12.8. The lowest BCUT2D eigenvalue weighted by molar-refractivity contribution is 0.102. The van der Waals surface area contributed by atoms with E-state index in [2.05, 4.69) is 10.3 Å². The Balaban J connectivity index is 2.02. The second-order valence-corrected chi connectivity index (χ2v) is 5.30. The third kappa shape index (κ3) is 2.50. The molecule has 0 saturated heterocycles. The Labute approximate surface area is 127 Å². The molecule has 0 fully saturated rings. The van der Waals surface area contributed by atoms with Crippen LogP contribution in [0.1, 0.15) is 21.9 Å². The second kappa shape index (κ2) is 5.22. The van der Waals surface area contributed by atoms with Gasteiger partial charge in [-0.1, -0.05) is 17.7 Å². The number of aryl methyl sites for hydroxylation is 2. The number of carbonyl (C=O) groups is 1. The van der Waals surface area contributed by atoms with Gasteiger partial charge in [0.25, 0.3) is 5.91 Å². The maximum absolute atomic E-state index is 12.5. The molecule has 0 saturated carbocycles. The molecule has 2 aromatic heterocycles. The molecular weight excluding hydrogens is 286 g/mol. The van der Waals surface area contributed by atoms with Crippen LogP contribution in [0.25, 0.3) is 5.65 Å². The van der Waals surface area contributed by atoms with Crippen LogP contribution in [-0.2, 0) is 0 Å². The number of fused-ring (bicyclic) bond motifs is 1. The van der Waals surface area contributed by atoms with Crippen molar-refractivity contribution in [3.05, 3.63) is 64.6 Å². The van der Waals surface area contributed by atoms with E-state index in [0.29, 0.717) is 22.1 Å². The average Bonchev–Trinajstić information content (AvgIpc) is 2.79. The van der Waals surface area contributed by atoms with Crippen LogP contribution in [0.5, 0.6) is 0 Å². The molecule has 0 aliphatic heterocycles. The molecule has 2 heterocycles. The third-order valence-electron chi connectivity index (χ3n) is 3.33. The molecule has 0 aliphatic carbocycles. The molecule has 4 nitrogen and oxygen atoms in total. The van der Waals surface area contributed by atoms with E-state index in [9.17, 15) is 4.79 Å². The van der Waals surface area contributed by atoms with Gasteiger partial charge in [-0.15, -0.1) is 0 Å². The highest BCUT2D eigenvalue weighted by Crippen LogP contribution is 2.18. The summed E-state index contributed by atoms with van der Waals surface area (Å²) in [6.07, 6.45) is 0. The molecule has 106 valence electrons. The van der Waals surface area contributed by atoms with Gasteiger partial charge in [0.1, 0.15) is 11.3 Å². The molecule has 21 heavy (non-hydrogen) atoms. The standard InChI is InChI=1S/C16H14ClN3O/c1-10-4-3-5-14-18-11(2)15(20(10)14)16(21)19-13-8-6-12(17)7-9-13/h3-9H,1-2H3,(H,19,21). The Morgan fingerprint density at radius 1 is 1.14 bits per heavy atom. The lowest BCUT2D eigenvalue weighted by Crippen LogP contribution is -2.16. The van der Waals surface area contributed by atoms with Crippen LogP contribution in [0.2, 0.25) is 5.02 Å². The van der Waals surface area contributed by atoms with Crippen molar-refractivity contribution < 1.29 is 4.79 Å². The average molecular weight is 300 g/mol. The van der Waals surface area contributed by atoms with Crippen molar-refractivity contribution in [3.63, 3.8) is 0 Å². The first-order valence-corrected chi connectivity index (χ1v) is 6.95. The van der Waals surface area contributed by atoms with Crippen molar-refractivity contribution >= 4 is 28.8 Å². The first kappa shape index (κ1) is 13.6. The Morgan fingerprint density at radius 3 is 2.57 bits per heavy atom. The third-order valence-corrected chi connectivity index (χ3v) is 3.58. The smallest absolute Gasteiger partial charge is 0.274 e. The van der Waals surface area contributed by atoms with Crippen molar-refractivity contribution in [2.45, 2.75) is 13.8 Å². The highest BCUT2D eigenvalue weighted by atomic mass is 35.5. The zero-order valence-electron chi connectivity index (χ0n) is 11.7. The lowest BCUT2D eigenvalue weighted by atomic mass is 10.2. The molecule has 3 rings (SSSR count). The van der Waals surface area contributed by atoms with Gasteiger partial charge in [-0.2, -0.15) is 0 Å². The molecule has 1 N–H and O–H groups in total. The summed E-state index contributed by atoms with van der Waals surface area (Å²) in [5.74, 6) is -0.184. The SMILES string of the molecule is Cc1nc2cccc(C)n2c1C(=O)Nc1ccc(Cl)cc1. The molecule has 0 atom stereocenters. The number of carbonyl (C=O) groups excluding carboxylic acids is 1.